The second-order valence-electron chi connectivity index (χ2n) is 6.38. The lowest BCUT2D eigenvalue weighted by Crippen LogP contribution is -2.44. The van der Waals surface area contributed by atoms with Gasteiger partial charge in [-0.05, 0) is 49.7 Å². The van der Waals surface area contributed by atoms with E-state index in [4.69, 9.17) is 11.6 Å². The number of hydrogen-bond acceptors (Lipinski definition) is 4. The molecule has 1 unspecified atom stereocenters. The van der Waals surface area contributed by atoms with E-state index < -0.39 is 0 Å². The number of benzene rings is 1. The van der Waals surface area contributed by atoms with Crippen LogP contribution in [0.4, 0.5) is 15.9 Å². The summed E-state index contributed by atoms with van der Waals surface area (Å²) in [6, 6.07) is 9.68. The molecule has 1 aromatic heterocycles. The van der Waals surface area contributed by atoms with Gasteiger partial charge in [0.2, 0.25) is 5.91 Å². The molecular formula is C19H22ClFN4O. The molecule has 1 aliphatic heterocycles. The Morgan fingerprint density at radius 2 is 1.92 bits per heavy atom. The Balaban J connectivity index is 1.58. The molecule has 5 nitrogen and oxygen atoms in total. The number of anilines is 2. The third-order valence-electron chi connectivity index (χ3n) is 4.63. The molecule has 1 saturated heterocycles. The Morgan fingerprint density at radius 1 is 1.15 bits per heavy atom. The van der Waals surface area contributed by atoms with Gasteiger partial charge in [0.25, 0.3) is 0 Å². The van der Waals surface area contributed by atoms with Crippen LogP contribution in [0.5, 0.6) is 0 Å². The number of nitrogens with zero attached hydrogens (tertiary/aromatic N) is 3. The van der Waals surface area contributed by atoms with Gasteiger partial charge in [-0.25, -0.2) is 9.37 Å². The molecule has 1 amide bonds. The van der Waals surface area contributed by atoms with Crippen molar-refractivity contribution in [2.24, 2.45) is 0 Å². The molecule has 1 atom stereocenters. The third-order valence-corrected chi connectivity index (χ3v) is 4.85. The van der Waals surface area contributed by atoms with Crippen molar-refractivity contribution in [3.05, 3.63) is 53.4 Å². The molecular weight excluding hydrogens is 355 g/mol. The van der Waals surface area contributed by atoms with Gasteiger partial charge in [-0.1, -0.05) is 11.6 Å². The lowest BCUT2D eigenvalue weighted by atomic mass is 10.2. The van der Waals surface area contributed by atoms with Gasteiger partial charge < -0.3 is 10.2 Å². The fourth-order valence-electron chi connectivity index (χ4n) is 3.08. The van der Waals surface area contributed by atoms with E-state index in [2.05, 4.69) is 20.1 Å². The zero-order valence-electron chi connectivity index (χ0n) is 14.7. The number of aromatic nitrogens is 1. The fourth-order valence-corrected chi connectivity index (χ4v) is 3.19. The third kappa shape index (κ3) is 4.71. The van der Waals surface area contributed by atoms with Gasteiger partial charge in [0.1, 0.15) is 11.6 Å². The summed E-state index contributed by atoms with van der Waals surface area (Å²) in [5.74, 6) is 0.176. The summed E-state index contributed by atoms with van der Waals surface area (Å²) in [4.78, 5) is 21.0. The van der Waals surface area contributed by atoms with E-state index in [9.17, 15) is 9.18 Å². The molecule has 1 N–H and O–H groups in total. The minimum atomic E-state index is -0.263. The highest BCUT2D eigenvalue weighted by Gasteiger charge is 2.24. The van der Waals surface area contributed by atoms with Crippen LogP contribution in [0.25, 0.3) is 0 Å². The summed E-state index contributed by atoms with van der Waals surface area (Å²) in [6.07, 6.45) is 2.45. The lowest BCUT2D eigenvalue weighted by Gasteiger charge is -2.27. The van der Waals surface area contributed by atoms with E-state index in [1.807, 2.05) is 6.92 Å². The van der Waals surface area contributed by atoms with Gasteiger partial charge in [0, 0.05) is 38.1 Å². The van der Waals surface area contributed by atoms with Crippen LogP contribution >= 0.6 is 11.6 Å². The standard InChI is InChI=1S/C19H22ClFN4O/c1-14(19(26)23-18-8-3-15(20)13-22-18)24-9-2-10-25(12-11-24)17-6-4-16(21)5-7-17/h3-8,13-14H,2,9-12H2,1H3,(H,22,23,26). The molecule has 138 valence electrons. The molecule has 1 aliphatic rings. The first-order chi connectivity index (χ1) is 12.5. The minimum Gasteiger partial charge on any atom is -0.370 e. The summed E-state index contributed by atoms with van der Waals surface area (Å²) in [5.41, 5.74) is 1.01. The maximum atomic E-state index is 13.1. The van der Waals surface area contributed by atoms with Crippen molar-refractivity contribution in [1.82, 2.24) is 9.88 Å². The second-order valence-corrected chi connectivity index (χ2v) is 6.82. The maximum Gasteiger partial charge on any atom is 0.242 e. The molecule has 1 fully saturated rings. The van der Waals surface area contributed by atoms with Gasteiger partial charge in [-0.2, -0.15) is 0 Å². The molecule has 7 heteroatoms. The summed E-state index contributed by atoms with van der Waals surface area (Å²) >= 11 is 5.81. The number of rotatable bonds is 4. The van der Waals surface area contributed by atoms with E-state index in [1.165, 1.54) is 18.3 Å². The quantitative estimate of drug-likeness (QED) is 0.888. The van der Waals surface area contributed by atoms with Gasteiger partial charge in [0.15, 0.2) is 0 Å². The average Bonchev–Trinajstić information content (AvgIpc) is 2.90. The van der Waals surface area contributed by atoms with Crippen LogP contribution in [0.3, 0.4) is 0 Å². The number of pyridine rings is 1. The normalized spacial score (nSPS) is 16.8. The van der Waals surface area contributed by atoms with E-state index in [0.717, 1.165) is 38.3 Å². The smallest absolute Gasteiger partial charge is 0.242 e. The predicted molar refractivity (Wildman–Crippen MR) is 102 cm³/mol. The summed E-state index contributed by atoms with van der Waals surface area (Å²) in [5, 5.41) is 3.36. The van der Waals surface area contributed by atoms with Crippen LogP contribution in [-0.2, 0) is 4.79 Å². The molecule has 0 saturated carbocycles. The molecule has 0 bridgehead atoms. The molecule has 2 heterocycles. The van der Waals surface area contributed by atoms with Crippen molar-refractivity contribution >= 4 is 29.0 Å². The molecule has 0 radical (unpaired) electrons. The van der Waals surface area contributed by atoms with Crippen molar-refractivity contribution < 1.29 is 9.18 Å². The number of carbonyl (C=O) groups excluding carboxylic acids is 1. The molecule has 26 heavy (non-hydrogen) atoms. The molecule has 2 aromatic rings. The van der Waals surface area contributed by atoms with Crippen LogP contribution in [0, 0.1) is 5.82 Å². The van der Waals surface area contributed by atoms with Crippen LogP contribution < -0.4 is 10.2 Å². The predicted octanol–water partition coefficient (Wildman–Crippen LogP) is 3.41. The molecule has 0 spiro atoms. The van der Waals surface area contributed by atoms with Crippen LogP contribution in [0.2, 0.25) is 5.02 Å². The molecule has 3 rings (SSSR count). The highest BCUT2D eigenvalue weighted by Crippen LogP contribution is 2.18. The van der Waals surface area contributed by atoms with Gasteiger partial charge in [0.05, 0.1) is 11.1 Å². The van der Waals surface area contributed by atoms with Crippen LogP contribution in [0.15, 0.2) is 42.6 Å². The van der Waals surface area contributed by atoms with Crippen LogP contribution in [-0.4, -0.2) is 48.0 Å². The van der Waals surface area contributed by atoms with E-state index >= 15 is 0 Å². The zero-order valence-corrected chi connectivity index (χ0v) is 15.4. The topological polar surface area (TPSA) is 48.5 Å². The Labute approximate surface area is 157 Å². The monoisotopic (exact) mass is 376 g/mol. The van der Waals surface area contributed by atoms with Crippen molar-refractivity contribution in [3.8, 4) is 0 Å². The van der Waals surface area contributed by atoms with Gasteiger partial charge in [-0.3, -0.25) is 9.69 Å². The first-order valence-corrected chi connectivity index (χ1v) is 9.08. The number of nitrogens with one attached hydrogen (secondary N) is 1. The fraction of sp³-hybridized carbons (Fsp3) is 0.368. The second kappa shape index (κ2) is 8.47. The highest BCUT2D eigenvalue weighted by atomic mass is 35.5. The Bertz CT molecular complexity index is 738. The van der Waals surface area contributed by atoms with E-state index in [-0.39, 0.29) is 17.8 Å². The number of carbonyl (C=O) groups is 1. The van der Waals surface area contributed by atoms with Gasteiger partial charge >= 0.3 is 0 Å². The number of amides is 1. The van der Waals surface area contributed by atoms with Crippen molar-refractivity contribution in [3.63, 3.8) is 0 Å². The zero-order chi connectivity index (χ0) is 18.5. The average molecular weight is 377 g/mol. The molecule has 0 aliphatic carbocycles. The van der Waals surface area contributed by atoms with Crippen LogP contribution in [0.1, 0.15) is 13.3 Å². The molecule has 1 aromatic carbocycles. The number of halogens is 2. The van der Waals surface area contributed by atoms with E-state index in [0.29, 0.717) is 10.8 Å². The minimum absolute atomic E-state index is 0.0879. The lowest BCUT2D eigenvalue weighted by molar-refractivity contribution is -0.120. The Kier molecular flexibility index (Phi) is 6.06. The van der Waals surface area contributed by atoms with Crippen molar-refractivity contribution in [2.75, 3.05) is 36.4 Å². The van der Waals surface area contributed by atoms with Crippen molar-refractivity contribution in [1.29, 1.82) is 0 Å². The maximum absolute atomic E-state index is 13.1. The SMILES string of the molecule is CC(C(=O)Nc1ccc(Cl)cn1)N1CCCN(c2ccc(F)cc2)CC1. The van der Waals surface area contributed by atoms with Crippen molar-refractivity contribution in [2.45, 2.75) is 19.4 Å². The van der Waals surface area contributed by atoms with Gasteiger partial charge in [-0.15, -0.1) is 0 Å². The number of hydrogen-bond donors (Lipinski definition) is 1. The first-order valence-electron chi connectivity index (χ1n) is 8.70. The first kappa shape index (κ1) is 18.6. The summed E-state index contributed by atoms with van der Waals surface area (Å²) in [7, 11) is 0. The summed E-state index contributed by atoms with van der Waals surface area (Å²) < 4.78 is 13.1. The largest absolute Gasteiger partial charge is 0.370 e. The Hall–Kier alpha value is -2.18. The van der Waals surface area contributed by atoms with E-state index in [1.54, 1.807) is 24.3 Å². The highest BCUT2D eigenvalue weighted by molar-refractivity contribution is 6.30. The summed E-state index contributed by atoms with van der Waals surface area (Å²) in [6.45, 7) is 5.18. The Morgan fingerprint density at radius 3 is 2.62 bits per heavy atom.